The number of amides is 2. The van der Waals surface area contributed by atoms with Gasteiger partial charge in [-0.1, -0.05) is 11.8 Å². The number of hydrogen-bond acceptors (Lipinski definition) is 4. The van der Waals surface area contributed by atoms with Crippen molar-refractivity contribution in [1.29, 1.82) is 0 Å². The predicted octanol–water partition coefficient (Wildman–Crippen LogP) is 1.22. The number of carbonyl (C=O) groups excluding carboxylic acids is 2. The molecule has 0 bridgehead atoms. The van der Waals surface area contributed by atoms with E-state index in [0.717, 1.165) is 38.4 Å². The monoisotopic (exact) mass is 319 g/mol. The third kappa shape index (κ3) is 4.02. The van der Waals surface area contributed by atoms with Gasteiger partial charge in [0.15, 0.2) is 0 Å². The van der Waals surface area contributed by atoms with Gasteiger partial charge in [-0.05, 0) is 38.1 Å². The lowest BCUT2D eigenvalue weighted by molar-refractivity contribution is -0.133. The topological polar surface area (TPSA) is 61.4 Å². The van der Waals surface area contributed by atoms with Crippen LogP contribution in [0.4, 0.5) is 4.79 Å². The normalized spacial score (nSPS) is 27.1. The Labute approximate surface area is 130 Å². The van der Waals surface area contributed by atoms with Gasteiger partial charge in [-0.15, -0.1) is 12.4 Å². The summed E-state index contributed by atoms with van der Waals surface area (Å²) in [5, 5.41) is 6.27. The van der Waals surface area contributed by atoms with Gasteiger partial charge in [-0.2, -0.15) is 0 Å². The lowest BCUT2D eigenvalue weighted by atomic mass is 10.0. The minimum atomic E-state index is -0.298. The summed E-state index contributed by atoms with van der Waals surface area (Å²) in [5.74, 6) is 1.58. The Hall–Kier alpha value is -0.460. The zero-order valence-corrected chi connectivity index (χ0v) is 13.1. The summed E-state index contributed by atoms with van der Waals surface area (Å²) in [5.41, 5.74) is 0. The molecule has 2 N–H and O–H groups in total. The molecule has 2 aliphatic heterocycles. The van der Waals surface area contributed by atoms with Crippen molar-refractivity contribution in [3.05, 3.63) is 0 Å². The molecule has 0 radical (unpaired) electrons. The molecule has 0 aromatic carbocycles. The Bertz CT molecular complexity index is 371. The van der Waals surface area contributed by atoms with Crippen LogP contribution in [0.1, 0.15) is 25.7 Å². The van der Waals surface area contributed by atoms with Crippen LogP contribution >= 0.6 is 24.2 Å². The maximum absolute atomic E-state index is 12.2. The van der Waals surface area contributed by atoms with Crippen LogP contribution in [0.25, 0.3) is 0 Å². The number of carbonyl (C=O) groups is 2. The SMILES string of the molecule is Cl.O=C1N[C@H](C(=O)N2CCC(NCC3CC3)CC2)CS1. The van der Waals surface area contributed by atoms with E-state index in [-0.39, 0.29) is 29.6 Å². The fourth-order valence-corrected chi connectivity index (χ4v) is 3.47. The van der Waals surface area contributed by atoms with Gasteiger partial charge in [-0.3, -0.25) is 9.59 Å². The summed E-state index contributed by atoms with van der Waals surface area (Å²) in [6.45, 7) is 2.78. The Kier molecular flexibility index (Phi) is 5.57. The number of halogens is 1. The molecule has 20 heavy (non-hydrogen) atoms. The highest BCUT2D eigenvalue weighted by atomic mass is 35.5. The van der Waals surface area contributed by atoms with Gasteiger partial charge in [0.25, 0.3) is 5.24 Å². The van der Waals surface area contributed by atoms with E-state index < -0.39 is 0 Å². The number of piperidine rings is 1. The summed E-state index contributed by atoms with van der Waals surface area (Å²) in [6.07, 6.45) is 4.82. The van der Waals surface area contributed by atoms with Gasteiger partial charge in [0.05, 0.1) is 0 Å². The molecule has 2 amide bonds. The molecular weight excluding hydrogens is 298 g/mol. The van der Waals surface area contributed by atoms with Crippen molar-refractivity contribution in [2.45, 2.75) is 37.8 Å². The molecule has 5 nitrogen and oxygen atoms in total. The standard InChI is InChI=1S/C13H21N3O2S.ClH/c17-12(11-8-19-13(18)15-11)16-5-3-10(4-6-16)14-7-9-1-2-9;/h9-11,14H,1-8H2,(H,15,18);1H/t11-;/m0./s1. The minimum absolute atomic E-state index is 0. The molecule has 2 heterocycles. The highest BCUT2D eigenvalue weighted by molar-refractivity contribution is 8.14. The van der Waals surface area contributed by atoms with Crippen molar-refractivity contribution < 1.29 is 9.59 Å². The smallest absolute Gasteiger partial charge is 0.279 e. The first-order valence-corrected chi connectivity index (χ1v) is 8.16. The van der Waals surface area contributed by atoms with Crippen molar-refractivity contribution in [3.8, 4) is 0 Å². The molecule has 1 aliphatic carbocycles. The van der Waals surface area contributed by atoms with Gasteiger partial charge < -0.3 is 15.5 Å². The van der Waals surface area contributed by atoms with E-state index in [2.05, 4.69) is 10.6 Å². The second kappa shape index (κ2) is 7.00. The molecule has 7 heteroatoms. The van der Waals surface area contributed by atoms with Crippen LogP contribution in [0.3, 0.4) is 0 Å². The summed E-state index contributed by atoms with van der Waals surface area (Å²) in [6, 6.07) is 0.269. The van der Waals surface area contributed by atoms with Crippen molar-refractivity contribution in [3.63, 3.8) is 0 Å². The van der Waals surface area contributed by atoms with Crippen LogP contribution in [-0.2, 0) is 4.79 Å². The first-order chi connectivity index (χ1) is 9.22. The maximum atomic E-state index is 12.2. The Morgan fingerprint density at radius 2 is 2.00 bits per heavy atom. The van der Waals surface area contributed by atoms with E-state index in [1.807, 2.05) is 4.90 Å². The molecule has 3 aliphatic rings. The number of nitrogens with one attached hydrogen (secondary N) is 2. The third-order valence-corrected chi connectivity index (χ3v) is 5.05. The quantitative estimate of drug-likeness (QED) is 0.818. The molecule has 114 valence electrons. The van der Waals surface area contributed by atoms with E-state index in [4.69, 9.17) is 0 Å². The Morgan fingerprint density at radius 1 is 1.30 bits per heavy atom. The average Bonchev–Trinajstić information content (AvgIpc) is 3.17. The summed E-state index contributed by atoms with van der Waals surface area (Å²) < 4.78 is 0. The molecule has 1 saturated carbocycles. The fourth-order valence-electron chi connectivity index (χ4n) is 2.70. The van der Waals surface area contributed by atoms with Gasteiger partial charge in [0.1, 0.15) is 6.04 Å². The number of rotatable bonds is 4. The van der Waals surface area contributed by atoms with E-state index in [1.54, 1.807) is 0 Å². The van der Waals surface area contributed by atoms with E-state index in [1.165, 1.54) is 24.6 Å². The highest BCUT2D eigenvalue weighted by Crippen LogP contribution is 2.28. The van der Waals surface area contributed by atoms with Gasteiger partial charge in [-0.25, -0.2) is 0 Å². The maximum Gasteiger partial charge on any atom is 0.279 e. The van der Waals surface area contributed by atoms with Crippen LogP contribution in [0.15, 0.2) is 0 Å². The van der Waals surface area contributed by atoms with E-state index >= 15 is 0 Å². The molecule has 2 saturated heterocycles. The molecule has 0 aromatic rings. The molecule has 3 fully saturated rings. The predicted molar refractivity (Wildman–Crippen MR) is 82.4 cm³/mol. The lowest BCUT2D eigenvalue weighted by Crippen LogP contribution is -2.51. The number of likely N-dealkylation sites (tertiary alicyclic amines) is 1. The van der Waals surface area contributed by atoms with Gasteiger partial charge >= 0.3 is 0 Å². The van der Waals surface area contributed by atoms with Crippen LogP contribution in [0, 0.1) is 5.92 Å². The zero-order valence-electron chi connectivity index (χ0n) is 11.5. The number of hydrogen-bond donors (Lipinski definition) is 2. The largest absolute Gasteiger partial charge is 0.341 e. The van der Waals surface area contributed by atoms with E-state index in [0.29, 0.717) is 11.8 Å². The Morgan fingerprint density at radius 3 is 2.55 bits per heavy atom. The molecule has 3 rings (SSSR count). The van der Waals surface area contributed by atoms with E-state index in [9.17, 15) is 9.59 Å². The molecule has 0 aromatic heterocycles. The van der Waals surface area contributed by atoms with Crippen molar-refractivity contribution in [2.75, 3.05) is 25.4 Å². The van der Waals surface area contributed by atoms with Crippen LogP contribution in [0.5, 0.6) is 0 Å². The van der Waals surface area contributed by atoms with Crippen molar-refractivity contribution in [1.82, 2.24) is 15.5 Å². The molecule has 0 unspecified atom stereocenters. The first-order valence-electron chi connectivity index (χ1n) is 7.18. The first kappa shape index (κ1) is 15.9. The fraction of sp³-hybridized carbons (Fsp3) is 0.846. The summed E-state index contributed by atoms with van der Waals surface area (Å²) >= 11 is 1.21. The van der Waals surface area contributed by atoms with Crippen LogP contribution < -0.4 is 10.6 Å². The summed E-state index contributed by atoms with van der Waals surface area (Å²) in [7, 11) is 0. The van der Waals surface area contributed by atoms with Gasteiger partial charge in [0.2, 0.25) is 5.91 Å². The number of thioether (sulfide) groups is 1. The molecule has 1 atom stereocenters. The van der Waals surface area contributed by atoms with Gasteiger partial charge in [0, 0.05) is 24.9 Å². The Balaban J connectivity index is 0.00000147. The zero-order chi connectivity index (χ0) is 13.2. The average molecular weight is 320 g/mol. The molecule has 0 spiro atoms. The number of nitrogens with zero attached hydrogens (tertiary/aromatic N) is 1. The van der Waals surface area contributed by atoms with Crippen LogP contribution in [-0.4, -0.2) is 53.5 Å². The van der Waals surface area contributed by atoms with Crippen LogP contribution in [0.2, 0.25) is 0 Å². The molecular formula is C13H22ClN3O2S. The minimum Gasteiger partial charge on any atom is -0.341 e. The second-order valence-corrected chi connectivity index (χ2v) is 6.74. The highest BCUT2D eigenvalue weighted by Gasteiger charge is 2.33. The third-order valence-electron chi connectivity index (χ3n) is 4.17. The second-order valence-electron chi connectivity index (χ2n) is 5.75. The lowest BCUT2D eigenvalue weighted by Gasteiger charge is -2.33. The van der Waals surface area contributed by atoms with Crippen molar-refractivity contribution in [2.24, 2.45) is 5.92 Å². The van der Waals surface area contributed by atoms with Crippen molar-refractivity contribution >= 4 is 35.3 Å². The summed E-state index contributed by atoms with van der Waals surface area (Å²) in [4.78, 5) is 25.2.